The Kier molecular flexibility index (Phi) is 4.24. The van der Waals surface area contributed by atoms with E-state index in [0.717, 1.165) is 5.56 Å². The number of benzene rings is 1. The molecule has 2 heterocycles. The largest absolute Gasteiger partial charge is 0.495 e. The number of hydrogen-bond donors (Lipinski definition) is 2. The summed E-state index contributed by atoms with van der Waals surface area (Å²) in [5.74, 6) is 1.06. The number of carbonyl (C=O) groups excluding carboxylic acids is 1. The molecule has 3 aromatic rings. The van der Waals surface area contributed by atoms with Crippen molar-refractivity contribution in [2.45, 2.75) is 6.54 Å². The van der Waals surface area contributed by atoms with E-state index in [9.17, 15) is 4.79 Å². The van der Waals surface area contributed by atoms with Crippen LogP contribution in [0.25, 0.3) is 11.5 Å². The number of nitrogens with one attached hydrogen (secondary N) is 1. The van der Waals surface area contributed by atoms with E-state index in [1.165, 1.54) is 0 Å². The van der Waals surface area contributed by atoms with Gasteiger partial charge in [0.2, 0.25) is 5.91 Å². The maximum absolute atomic E-state index is 11.3. The highest BCUT2D eigenvalue weighted by atomic mass is 32.1. The molecular formula is C15H14N4O3S. The Morgan fingerprint density at radius 1 is 1.43 bits per heavy atom. The van der Waals surface area contributed by atoms with E-state index in [0.29, 0.717) is 35.3 Å². The highest BCUT2D eigenvalue weighted by Gasteiger charge is 2.11. The minimum atomic E-state index is -0.505. The van der Waals surface area contributed by atoms with Crippen molar-refractivity contribution in [1.82, 2.24) is 10.1 Å². The van der Waals surface area contributed by atoms with Crippen LogP contribution < -0.4 is 15.8 Å². The molecule has 0 unspecified atom stereocenters. The van der Waals surface area contributed by atoms with Crippen LogP contribution in [0.3, 0.4) is 0 Å². The van der Waals surface area contributed by atoms with Crippen molar-refractivity contribution in [1.29, 1.82) is 0 Å². The fraction of sp³-hybridized carbons (Fsp3) is 0.133. The topological polar surface area (TPSA) is 103 Å². The second kappa shape index (κ2) is 6.49. The van der Waals surface area contributed by atoms with E-state index in [1.54, 1.807) is 36.6 Å². The smallest absolute Gasteiger partial charge is 0.258 e. The molecule has 0 saturated carbocycles. The van der Waals surface area contributed by atoms with Crippen molar-refractivity contribution in [3.8, 4) is 17.2 Å². The van der Waals surface area contributed by atoms with E-state index in [2.05, 4.69) is 15.5 Å². The van der Waals surface area contributed by atoms with Crippen molar-refractivity contribution in [2.75, 3.05) is 12.4 Å². The minimum absolute atomic E-state index is 0.326. The van der Waals surface area contributed by atoms with Gasteiger partial charge in [-0.3, -0.25) is 4.79 Å². The van der Waals surface area contributed by atoms with Crippen molar-refractivity contribution in [3.63, 3.8) is 0 Å². The van der Waals surface area contributed by atoms with Crippen molar-refractivity contribution in [3.05, 3.63) is 46.4 Å². The first-order valence-corrected chi connectivity index (χ1v) is 7.68. The Morgan fingerprint density at radius 3 is 3.00 bits per heavy atom. The number of primary amides is 1. The van der Waals surface area contributed by atoms with Crippen LogP contribution in [0.5, 0.6) is 5.75 Å². The SMILES string of the molecule is COc1ccc(C(N)=O)cc1NCc1noc(-c2ccsc2)n1. The fourth-order valence-electron chi connectivity index (χ4n) is 2.00. The Labute approximate surface area is 136 Å². The van der Waals surface area contributed by atoms with Gasteiger partial charge in [-0.25, -0.2) is 0 Å². The van der Waals surface area contributed by atoms with Gasteiger partial charge in [0.15, 0.2) is 5.82 Å². The number of hydrogen-bond acceptors (Lipinski definition) is 7. The molecule has 0 aliphatic carbocycles. The molecule has 2 aromatic heterocycles. The zero-order valence-corrected chi connectivity index (χ0v) is 13.1. The predicted molar refractivity (Wildman–Crippen MR) is 86.4 cm³/mol. The van der Waals surface area contributed by atoms with E-state index in [-0.39, 0.29) is 0 Å². The highest BCUT2D eigenvalue weighted by molar-refractivity contribution is 7.08. The number of carbonyl (C=O) groups is 1. The van der Waals surface area contributed by atoms with Crippen LogP contribution in [0.1, 0.15) is 16.2 Å². The normalized spacial score (nSPS) is 10.5. The summed E-state index contributed by atoms with van der Waals surface area (Å²) >= 11 is 1.56. The van der Waals surface area contributed by atoms with Crippen molar-refractivity contribution >= 4 is 22.9 Å². The number of nitrogens with zero attached hydrogens (tertiary/aromatic N) is 2. The van der Waals surface area contributed by atoms with E-state index >= 15 is 0 Å². The molecule has 3 rings (SSSR count). The Balaban J connectivity index is 1.75. The van der Waals surface area contributed by atoms with Gasteiger partial charge in [0.1, 0.15) is 5.75 Å². The molecule has 1 amide bonds. The molecule has 3 N–H and O–H groups in total. The standard InChI is InChI=1S/C15H14N4O3S/c1-21-12-3-2-9(14(16)20)6-11(12)17-7-13-18-15(22-19-13)10-4-5-23-8-10/h2-6,8,17H,7H2,1H3,(H2,16,20). The molecule has 1 aromatic carbocycles. The van der Waals surface area contributed by atoms with Gasteiger partial charge in [-0.1, -0.05) is 5.16 Å². The molecule has 7 nitrogen and oxygen atoms in total. The van der Waals surface area contributed by atoms with Gasteiger partial charge in [-0.2, -0.15) is 16.3 Å². The second-order valence-corrected chi connectivity index (χ2v) is 5.44. The zero-order valence-electron chi connectivity index (χ0n) is 12.3. The van der Waals surface area contributed by atoms with E-state index in [1.807, 2.05) is 16.8 Å². The van der Waals surface area contributed by atoms with E-state index < -0.39 is 5.91 Å². The van der Waals surface area contributed by atoms with Crippen LogP contribution in [-0.4, -0.2) is 23.2 Å². The third-order valence-electron chi connectivity index (χ3n) is 3.16. The highest BCUT2D eigenvalue weighted by Crippen LogP contribution is 2.26. The summed E-state index contributed by atoms with van der Waals surface area (Å²) < 4.78 is 10.5. The van der Waals surface area contributed by atoms with Gasteiger partial charge in [0.05, 0.1) is 24.9 Å². The molecule has 0 saturated heterocycles. The van der Waals surface area contributed by atoms with Crippen molar-refractivity contribution in [2.24, 2.45) is 5.73 Å². The number of aromatic nitrogens is 2. The number of amides is 1. The molecule has 23 heavy (non-hydrogen) atoms. The maximum atomic E-state index is 11.3. The summed E-state index contributed by atoms with van der Waals surface area (Å²) in [4.78, 5) is 15.6. The fourth-order valence-corrected chi connectivity index (χ4v) is 2.63. The molecule has 0 bridgehead atoms. The molecule has 0 aliphatic heterocycles. The van der Waals surface area contributed by atoms with Crippen LogP contribution in [-0.2, 0) is 6.54 Å². The number of rotatable bonds is 6. The van der Waals surface area contributed by atoms with Crippen LogP contribution in [0, 0.1) is 0 Å². The van der Waals surface area contributed by atoms with Crippen LogP contribution >= 0.6 is 11.3 Å². The summed E-state index contributed by atoms with van der Waals surface area (Å²) in [5, 5.41) is 10.9. The molecule has 0 atom stereocenters. The average molecular weight is 330 g/mol. The summed E-state index contributed by atoms with van der Waals surface area (Å²) in [6, 6.07) is 6.82. The van der Waals surface area contributed by atoms with Gasteiger partial charge in [0, 0.05) is 10.9 Å². The van der Waals surface area contributed by atoms with Gasteiger partial charge in [-0.15, -0.1) is 0 Å². The third-order valence-corrected chi connectivity index (χ3v) is 3.84. The molecule has 118 valence electrons. The Hall–Kier alpha value is -2.87. The lowest BCUT2D eigenvalue weighted by Crippen LogP contribution is -2.12. The summed E-state index contributed by atoms with van der Waals surface area (Å²) in [6.45, 7) is 0.326. The monoisotopic (exact) mass is 330 g/mol. The number of ether oxygens (including phenoxy) is 1. The first-order valence-electron chi connectivity index (χ1n) is 6.74. The third kappa shape index (κ3) is 3.32. The van der Waals surface area contributed by atoms with Crippen LogP contribution in [0.4, 0.5) is 5.69 Å². The number of nitrogens with two attached hydrogens (primary N) is 1. The second-order valence-electron chi connectivity index (χ2n) is 4.66. The lowest BCUT2D eigenvalue weighted by Gasteiger charge is -2.10. The first kappa shape index (κ1) is 15.0. The van der Waals surface area contributed by atoms with Crippen molar-refractivity contribution < 1.29 is 14.1 Å². The van der Waals surface area contributed by atoms with Gasteiger partial charge < -0.3 is 20.3 Å². The summed E-state index contributed by atoms with van der Waals surface area (Å²) in [6.07, 6.45) is 0. The molecule has 0 radical (unpaired) electrons. The molecule has 0 spiro atoms. The lowest BCUT2D eigenvalue weighted by molar-refractivity contribution is 0.100. The molecular weight excluding hydrogens is 316 g/mol. The van der Waals surface area contributed by atoms with Gasteiger partial charge in [-0.05, 0) is 29.6 Å². The van der Waals surface area contributed by atoms with Crippen LogP contribution in [0.2, 0.25) is 0 Å². The Bertz CT molecular complexity index is 814. The van der Waals surface area contributed by atoms with Gasteiger partial charge >= 0.3 is 0 Å². The summed E-state index contributed by atoms with van der Waals surface area (Å²) in [7, 11) is 1.55. The lowest BCUT2D eigenvalue weighted by atomic mass is 10.1. The first-order chi connectivity index (χ1) is 11.2. The van der Waals surface area contributed by atoms with Crippen LogP contribution in [0.15, 0.2) is 39.5 Å². The van der Waals surface area contributed by atoms with E-state index in [4.69, 9.17) is 15.0 Å². The number of methoxy groups -OCH3 is 1. The molecule has 8 heteroatoms. The average Bonchev–Trinajstić information content (AvgIpc) is 3.23. The number of thiophene rings is 1. The summed E-state index contributed by atoms with van der Waals surface area (Å²) in [5.41, 5.74) is 7.20. The minimum Gasteiger partial charge on any atom is -0.495 e. The maximum Gasteiger partial charge on any atom is 0.258 e. The predicted octanol–water partition coefficient (Wildman–Crippen LogP) is 2.52. The van der Waals surface area contributed by atoms with Gasteiger partial charge in [0.25, 0.3) is 5.89 Å². The number of anilines is 1. The molecule has 0 aliphatic rings. The molecule has 0 fully saturated rings. The quantitative estimate of drug-likeness (QED) is 0.720. The Morgan fingerprint density at radius 2 is 2.30 bits per heavy atom. The zero-order chi connectivity index (χ0) is 16.2.